The number of nitrogens with one attached hydrogen (secondary N) is 1. The van der Waals surface area contributed by atoms with E-state index in [1.807, 2.05) is 12.1 Å². The summed E-state index contributed by atoms with van der Waals surface area (Å²) in [5.41, 5.74) is 1.09. The topological polar surface area (TPSA) is 35.5 Å². The zero-order chi connectivity index (χ0) is 13.9. The highest BCUT2D eigenvalue weighted by molar-refractivity contribution is 5.88. The first kappa shape index (κ1) is 13.4. The summed E-state index contributed by atoms with van der Waals surface area (Å²) in [6, 6.07) is 12.5. The normalized spacial score (nSPS) is 18.2. The third kappa shape index (κ3) is 2.39. The Morgan fingerprint density at radius 2 is 1.90 bits per heavy atom. The predicted molar refractivity (Wildman–Crippen MR) is 83.1 cm³/mol. The maximum absolute atomic E-state index is 10.4. The van der Waals surface area contributed by atoms with E-state index in [0.717, 1.165) is 38.2 Å². The van der Waals surface area contributed by atoms with Crippen LogP contribution in [0.4, 0.5) is 0 Å². The van der Waals surface area contributed by atoms with Crippen molar-refractivity contribution in [3.63, 3.8) is 0 Å². The van der Waals surface area contributed by atoms with Crippen molar-refractivity contribution in [1.82, 2.24) is 10.2 Å². The SMILES string of the molecule is CC[C@@H](c1c(O)ccc2ccccc12)N1CCNCC1. The molecule has 0 aromatic heterocycles. The molecular formula is C17H22N2O. The van der Waals surface area contributed by atoms with Crippen molar-refractivity contribution in [2.24, 2.45) is 0 Å². The highest BCUT2D eigenvalue weighted by Crippen LogP contribution is 2.37. The fourth-order valence-electron chi connectivity index (χ4n) is 3.27. The molecule has 2 aromatic rings. The second-order valence-electron chi connectivity index (χ2n) is 5.43. The van der Waals surface area contributed by atoms with E-state index in [4.69, 9.17) is 0 Å². The van der Waals surface area contributed by atoms with Crippen LogP contribution in [0.15, 0.2) is 36.4 Å². The molecule has 3 rings (SSSR count). The second-order valence-corrected chi connectivity index (χ2v) is 5.43. The Morgan fingerprint density at radius 3 is 2.65 bits per heavy atom. The summed E-state index contributed by atoms with van der Waals surface area (Å²) in [5, 5.41) is 16.2. The predicted octanol–water partition coefficient (Wildman–Crippen LogP) is 2.90. The van der Waals surface area contributed by atoms with Gasteiger partial charge in [-0.2, -0.15) is 0 Å². The molecule has 20 heavy (non-hydrogen) atoms. The summed E-state index contributed by atoms with van der Waals surface area (Å²) >= 11 is 0. The van der Waals surface area contributed by atoms with Gasteiger partial charge >= 0.3 is 0 Å². The van der Waals surface area contributed by atoms with Gasteiger partial charge in [-0.1, -0.05) is 37.3 Å². The smallest absolute Gasteiger partial charge is 0.121 e. The molecule has 1 fully saturated rings. The second kappa shape index (κ2) is 5.81. The molecule has 3 heteroatoms. The molecule has 106 valence electrons. The van der Waals surface area contributed by atoms with Gasteiger partial charge < -0.3 is 10.4 Å². The number of fused-ring (bicyclic) bond motifs is 1. The van der Waals surface area contributed by atoms with Gasteiger partial charge in [-0.3, -0.25) is 4.90 Å². The molecule has 0 saturated carbocycles. The van der Waals surface area contributed by atoms with Crippen LogP contribution in [-0.2, 0) is 0 Å². The van der Waals surface area contributed by atoms with Crippen molar-refractivity contribution in [3.8, 4) is 5.75 Å². The van der Waals surface area contributed by atoms with E-state index in [2.05, 4.69) is 41.4 Å². The Bertz CT molecular complexity index is 591. The van der Waals surface area contributed by atoms with Gasteiger partial charge in [-0.05, 0) is 23.3 Å². The average Bonchev–Trinajstić information content (AvgIpc) is 2.51. The van der Waals surface area contributed by atoms with Crippen LogP contribution in [0.2, 0.25) is 0 Å². The monoisotopic (exact) mass is 270 g/mol. The van der Waals surface area contributed by atoms with Crippen LogP contribution in [0, 0.1) is 0 Å². The summed E-state index contributed by atoms with van der Waals surface area (Å²) in [6.07, 6.45) is 1.02. The average molecular weight is 270 g/mol. The quantitative estimate of drug-likeness (QED) is 0.900. The van der Waals surface area contributed by atoms with Gasteiger partial charge in [0.2, 0.25) is 0 Å². The van der Waals surface area contributed by atoms with Crippen molar-refractivity contribution in [1.29, 1.82) is 0 Å². The minimum absolute atomic E-state index is 0.295. The van der Waals surface area contributed by atoms with Gasteiger partial charge in [0.05, 0.1) is 0 Å². The minimum atomic E-state index is 0.295. The fraction of sp³-hybridized carbons (Fsp3) is 0.412. The van der Waals surface area contributed by atoms with E-state index in [0.29, 0.717) is 11.8 Å². The Hall–Kier alpha value is -1.58. The number of phenols is 1. The van der Waals surface area contributed by atoms with Crippen LogP contribution >= 0.6 is 0 Å². The molecule has 0 aliphatic carbocycles. The van der Waals surface area contributed by atoms with Crippen LogP contribution in [0.1, 0.15) is 24.9 Å². The number of hydrogen-bond donors (Lipinski definition) is 2. The van der Waals surface area contributed by atoms with Gasteiger partial charge in [0, 0.05) is 37.8 Å². The highest BCUT2D eigenvalue weighted by atomic mass is 16.3. The van der Waals surface area contributed by atoms with Crippen molar-refractivity contribution in [3.05, 3.63) is 42.0 Å². The maximum atomic E-state index is 10.4. The zero-order valence-corrected chi connectivity index (χ0v) is 12.0. The van der Waals surface area contributed by atoms with Crippen LogP contribution in [0.3, 0.4) is 0 Å². The molecule has 0 amide bonds. The lowest BCUT2D eigenvalue weighted by molar-refractivity contribution is 0.168. The molecule has 0 spiro atoms. The molecule has 1 aliphatic heterocycles. The molecule has 1 aliphatic rings. The van der Waals surface area contributed by atoms with Crippen molar-refractivity contribution < 1.29 is 5.11 Å². The van der Waals surface area contributed by atoms with Crippen LogP contribution in [0.5, 0.6) is 5.75 Å². The number of piperazine rings is 1. The molecule has 2 aromatic carbocycles. The van der Waals surface area contributed by atoms with Crippen molar-refractivity contribution >= 4 is 10.8 Å². The first-order valence-electron chi connectivity index (χ1n) is 7.46. The Labute approximate surface area is 120 Å². The molecule has 3 nitrogen and oxygen atoms in total. The van der Waals surface area contributed by atoms with E-state index in [1.165, 1.54) is 10.8 Å². The van der Waals surface area contributed by atoms with E-state index in [-0.39, 0.29) is 0 Å². The van der Waals surface area contributed by atoms with Crippen molar-refractivity contribution in [2.75, 3.05) is 26.2 Å². The van der Waals surface area contributed by atoms with Gasteiger partial charge in [-0.15, -0.1) is 0 Å². The summed E-state index contributed by atoms with van der Waals surface area (Å²) in [5.74, 6) is 0.425. The van der Waals surface area contributed by atoms with E-state index < -0.39 is 0 Å². The summed E-state index contributed by atoms with van der Waals surface area (Å²) in [7, 11) is 0. The van der Waals surface area contributed by atoms with E-state index in [9.17, 15) is 5.11 Å². The molecule has 1 atom stereocenters. The molecular weight excluding hydrogens is 248 g/mol. The molecule has 0 bridgehead atoms. The Kier molecular flexibility index (Phi) is 3.90. The lowest BCUT2D eigenvalue weighted by atomic mass is 9.94. The highest BCUT2D eigenvalue weighted by Gasteiger charge is 2.24. The third-order valence-electron chi connectivity index (χ3n) is 4.26. The molecule has 0 unspecified atom stereocenters. The summed E-state index contributed by atoms with van der Waals surface area (Å²) in [4.78, 5) is 2.48. The maximum Gasteiger partial charge on any atom is 0.121 e. The lowest BCUT2D eigenvalue weighted by Crippen LogP contribution is -2.45. The Balaban J connectivity index is 2.08. The third-order valence-corrected chi connectivity index (χ3v) is 4.26. The van der Waals surface area contributed by atoms with Crippen molar-refractivity contribution in [2.45, 2.75) is 19.4 Å². The Morgan fingerprint density at radius 1 is 1.15 bits per heavy atom. The summed E-state index contributed by atoms with van der Waals surface area (Å²) < 4.78 is 0. The number of phenolic OH excluding ortho intramolecular Hbond substituents is 1. The van der Waals surface area contributed by atoms with Gasteiger partial charge in [0.25, 0.3) is 0 Å². The number of rotatable bonds is 3. The molecule has 1 saturated heterocycles. The molecule has 2 N–H and O–H groups in total. The standard InChI is InChI=1S/C17H22N2O/c1-2-15(19-11-9-18-10-12-19)17-14-6-4-3-5-13(14)7-8-16(17)20/h3-8,15,18,20H,2,9-12H2,1H3/t15-/m0/s1. The van der Waals surface area contributed by atoms with Gasteiger partial charge in [0.1, 0.15) is 5.75 Å². The minimum Gasteiger partial charge on any atom is -0.508 e. The molecule has 0 radical (unpaired) electrons. The van der Waals surface area contributed by atoms with E-state index in [1.54, 1.807) is 0 Å². The van der Waals surface area contributed by atoms with Crippen LogP contribution in [-0.4, -0.2) is 36.2 Å². The number of aromatic hydroxyl groups is 1. The van der Waals surface area contributed by atoms with Crippen LogP contribution < -0.4 is 5.32 Å². The first-order chi connectivity index (χ1) is 9.81. The fourth-order valence-corrected chi connectivity index (χ4v) is 3.27. The van der Waals surface area contributed by atoms with E-state index >= 15 is 0 Å². The largest absolute Gasteiger partial charge is 0.508 e. The zero-order valence-electron chi connectivity index (χ0n) is 12.0. The number of benzene rings is 2. The first-order valence-corrected chi connectivity index (χ1v) is 7.46. The lowest BCUT2D eigenvalue weighted by Gasteiger charge is -2.35. The number of nitrogens with zero attached hydrogens (tertiary/aromatic N) is 1. The van der Waals surface area contributed by atoms with Gasteiger partial charge in [-0.25, -0.2) is 0 Å². The summed E-state index contributed by atoms with van der Waals surface area (Å²) in [6.45, 7) is 6.35. The van der Waals surface area contributed by atoms with Crippen LogP contribution in [0.25, 0.3) is 10.8 Å². The molecule has 1 heterocycles. The number of hydrogen-bond acceptors (Lipinski definition) is 3. The van der Waals surface area contributed by atoms with Gasteiger partial charge in [0.15, 0.2) is 0 Å².